The van der Waals surface area contributed by atoms with Crippen molar-refractivity contribution >= 4 is 5.84 Å². The molecule has 0 fully saturated rings. The van der Waals surface area contributed by atoms with Crippen LogP contribution in [0.1, 0.15) is 39.5 Å². The minimum atomic E-state index is 0.568. The third-order valence-electron chi connectivity index (χ3n) is 1.98. The molecule has 1 N–H and O–H groups in total. The maximum absolute atomic E-state index is 5.31. The van der Waals surface area contributed by atoms with E-state index < -0.39 is 0 Å². The topological polar surface area (TPSA) is 33.6 Å². The standard InChI is InChI=1S/C10H20N2O/c1-9(2)8-13-12-10-6-4-3-5-7-11-10/h9H,3-8H2,1-2H3,(H,11,12). The number of nitrogens with zero attached hydrogens (tertiary/aromatic N) is 1. The number of rotatable bonds is 3. The highest BCUT2D eigenvalue weighted by atomic mass is 16.6. The Labute approximate surface area is 80.5 Å². The molecule has 1 rings (SSSR count). The average Bonchev–Trinajstić information content (AvgIpc) is 2.32. The molecule has 0 aromatic heterocycles. The fourth-order valence-corrected chi connectivity index (χ4v) is 1.25. The molecule has 0 saturated carbocycles. The van der Waals surface area contributed by atoms with Crippen LogP contribution in [-0.4, -0.2) is 19.0 Å². The van der Waals surface area contributed by atoms with Gasteiger partial charge < -0.3 is 0 Å². The van der Waals surface area contributed by atoms with Gasteiger partial charge in [-0.15, -0.1) is 0 Å². The van der Waals surface area contributed by atoms with Crippen LogP contribution in [0.4, 0.5) is 0 Å². The van der Waals surface area contributed by atoms with Crippen LogP contribution in [0.2, 0.25) is 0 Å². The zero-order chi connectivity index (χ0) is 9.52. The van der Waals surface area contributed by atoms with E-state index in [-0.39, 0.29) is 0 Å². The van der Waals surface area contributed by atoms with Crippen LogP contribution in [0, 0.1) is 5.92 Å². The van der Waals surface area contributed by atoms with Gasteiger partial charge in [0.2, 0.25) is 0 Å². The highest BCUT2D eigenvalue weighted by molar-refractivity contribution is 5.81. The van der Waals surface area contributed by atoms with E-state index in [2.05, 4.69) is 24.3 Å². The molecule has 0 amide bonds. The summed E-state index contributed by atoms with van der Waals surface area (Å²) in [4.78, 5) is 9.71. The minimum Gasteiger partial charge on any atom is -0.275 e. The molecule has 1 aliphatic heterocycles. The molecule has 0 radical (unpaired) electrons. The van der Waals surface area contributed by atoms with Crippen LogP contribution in [0.15, 0.2) is 4.99 Å². The van der Waals surface area contributed by atoms with Gasteiger partial charge in [-0.25, -0.2) is 0 Å². The van der Waals surface area contributed by atoms with Crippen LogP contribution in [0.5, 0.6) is 0 Å². The quantitative estimate of drug-likeness (QED) is 0.682. The molecule has 0 aromatic carbocycles. The summed E-state index contributed by atoms with van der Waals surface area (Å²) < 4.78 is 0. The first-order valence-corrected chi connectivity index (χ1v) is 5.20. The van der Waals surface area contributed by atoms with Gasteiger partial charge in [0.1, 0.15) is 5.84 Å². The van der Waals surface area contributed by atoms with Crippen LogP contribution in [-0.2, 0) is 4.84 Å². The van der Waals surface area contributed by atoms with Crippen molar-refractivity contribution in [1.82, 2.24) is 5.48 Å². The summed E-state index contributed by atoms with van der Waals surface area (Å²) in [6.45, 7) is 5.97. The zero-order valence-corrected chi connectivity index (χ0v) is 8.68. The van der Waals surface area contributed by atoms with E-state index in [0.717, 1.165) is 25.4 Å². The van der Waals surface area contributed by atoms with Crippen molar-refractivity contribution in [2.75, 3.05) is 13.2 Å². The van der Waals surface area contributed by atoms with Crippen LogP contribution in [0.3, 0.4) is 0 Å². The van der Waals surface area contributed by atoms with E-state index in [1.165, 1.54) is 19.3 Å². The molecular weight excluding hydrogens is 164 g/mol. The number of hydrogen-bond acceptors (Lipinski definition) is 3. The van der Waals surface area contributed by atoms with Crippen molar-refractivity contribution in [3.05, 3.63) is 0 Å². The van der Waals surface area contributed by atoms with Crippen molar-refractivity contribution in [3.8, 4) is 0 Å². The van der Waals surface area contributed by atoms with Gasteiger partial charge in [-0.05, 0) is 18.8 Å². The molecule has 0 unspecified atom stereocenters. The normalized spacial score (nSPS) is 18.2. The lowest BCUT2D eigenvalue weighted by Gasteiger charge is -2.09. The molecule has 3 heteroatoms. The van der Waals surface area contributed by atoms with Crippen molar-refractivity contribution in [1.29, 1.82) is 0 Å². The number of amidine groups is 1. The maximum Gasteiger partial charge on any atom is 0.120 e. The van der Waals surface area contributed by atoms with E-state index >= 15 is 0 Å². The molecule has 0 aliphatic carbocycles. The second-order valence-electron chi connectivity index (χ2n) is 3.95. The summed E-state index contributed by atoms with van der Waals surface area (Å²) in [7, 11) is 0. The van der Waals surface area contributed by atoms with E-state index in [1.54, 1.807) is 0 Å². The molecule has 0 atom stereocenters. The van der Waals surface area contributed by atoms with Crippen LogP contribution < -0.4 is 5.48 Å². The van der Waals surface area contributed by atoms with Crippen molar-refractivity contribution in [2.24, 2.45) is 10.9 Å². The molecule has 0 saturated heterocycles. The number of nitrogens with one attached hydrogen (secondary N) is 1. The predicted octanol–water partition coefficient (Wildman–Crippen LogP) is 2.14. The Morgan fingerprint density at radius 2 is 2.23 bits per heavy atom. The van der Waals surface area contributed by atoms with Crippen molar-refractivity contribution in [3.63, 3.8) is 0 Å². The van der Waals surface area contributed by atoms with Gasteiger partial charge in [0.25, 0.3) is 0 Å². The third-order valence-corrected chi connectivity index (χ3v) is 1.98. The second-order valence-corrected chi connectivity index (χ2v) is 3.95. The Bertz CT molecular complexity index is 166. The lowest BCUT2D eigenvalue weighted by atomic mass is 10.2. The summed E-state index contributed by atoms with van der Waals surface area (Å²) in [5, 5.41) is 0. The van der Waals surface area contributed by atoms with Gasteiger partial charge in [-0.1, -0.05) is 20.3 Å². The molecule has 1 heterocycles. The highest BCUT2D eigenvalue weighted by Gasteiger charge is 2.03. The first-order valence-electron chi connectivity index (χ1n) is 5.20. The van der Waals surface area contributed by atoms with Gasteiger partial charge in [0.15, 0.2) is 0 Å². The molecule has 0 spiro atoms. The number of hydrogen-bond donors (Lipinski definition) is 1. The third kappa shape index (κ3) is 4.88. The van der Waals surface area contributed by atoms with Crippen LogP contribution >= 0.6 is 0 Å². The highest BCUT2D eigenvalue weighted by Crippen LogP contribution is 2.06. The Balaban J connectivity index is 2.15. The second kappa shape index (κ2) is 5.97. The monoisotopic (exact) mass is 184 g/mol. The molecule has 3 nitrogen and oxygen atoms in total. The number of hydroxylamine groups is 1. The van der Waals surface area contributed by atoms with E-state index in [0.29, 0.717) is 5.92 Å². The lowest BCUT2D eigenvalue weighted by molar-refractivity contribution is 0.0627. The van der Waals surface area contributed by atoms with Crippen molar-refractivity contribution < 1.29 is 4.84 Å². The Hall–Kier alpha value is -0.570. The Kier molecular flexibility index (Phi) is 4.83. The van der Waals surface area contributed by atoms with Gasteiger partial charge in [0.05, 0.1) is 6.61 Å². The van der Waals surface area contributed by atoms with Gasteiger partial charge in [-0.3, -0.25) is 15.3 Å². The first-order chi connectivity index (χ1) is 6.29. The minimum absolute atomic E-state index is 0.568. The Morgan fingerprint density at radius 1 is 1.38 bits per heavy atom. The fraction of sp³-hybridized carbons (Fsp3) is 0.900. The molecule has 1 aliphatic rings. The van der Waals surface area contributed by atoms with E-state index in [1.807, 2.05) is 0 Å². The molecule has 13 heavy (non-hydrogen) atoms. The van der Waals surface area contributed by atoms with E-state index in [4.69, 9.17) is 4.84 Å². The molecule has 0 aromatic rings. The summed E-state index contributed by atoms with van der Waals surface area (Å²) in [5.74, 6) is 1.59. The first kappa shape index (κ1) is 10.5. The van der Waals surface area contributed by atoms with Gasteiger partial charge >= 0.3 is 0 Å². The van der Waals surface area contributed by atoms with E-state index in [9.17, 15) is 0 Å². The SMILES string of the molecule is CC(C)CONC1=NCCCCC1. The summed E-state index contributed by atoms with van der Waals surface area (Å²) >= 11 is 0. The fourth-order valence-electron chi connectivity index (χ4n) is 1.25. The smallest absolute Gasteiger partial charge is 0.120 e. The summed E-state index contributed by atoms with van der Waals surface area (Å²) in [5.41, 5.74) is 2.94. The van der Waals surface area contributed by atoms with Crippen LogP contribution in [0.25, 0.3) is 0 Å². The van der Waals surface area contributed by atoms with Gasteiger partial charge in [0, 0.05) is 13.0 Å². The predicted molar refractivity (Wildman–Crippen MR) is 54.7 cm³/mol. The molecular formula is C10H20N2O. The van der Waals surface area contributed by atoms with Gasteiger partial charge in [-0.2, -0.15) is 0 Å². The summed E-state index contributed by atoms with van der Waals surface area (Å²) in [6, 6.07) is 0. The number of aliphatic imine (C=N–C) groups is 1. The maximum atomic E-state index is 5.31. The molecule has 76 valence electrons. The largest absolute Gasteiger partial charge is 0.275 e. The zero-order valence-electron chi connectivity index (χ0n) is 8.68. The Morgan fingerprint density at radius 3 is 3.00 bits per heavy atom. The molecule has 0 bridgehead atoms. The average molecular weight is 184 g/mol. The lowest BCUT2D eigenvalue weighted by Crippen LogP contribution is -2.25. The summed E-state index contributed by atoms with van der Waals surface area (Å²) in [6.07, 6.45) is 4.78. The van der Waals surface area contributed by atoms with Crippen molar-refractivity contribution in [2.45, 2.75) is 39.5 Å².